The smallest absolute Gasteiger partial charge is 0.271 e. The molecule has 0 heterocycles. The summed E-state index contributed by atoms with van der Waals surface area (Å²) in [5, 5.41) is 7.52. The van der Waals surface area contributed by atoms with E-state index in [1.807, 2.05) is 0 Å². The molecule has 0 aliphatic heterocycles. The Kier molecular flexibility index (Phi) is 6.82. The van der Waals surface area contributed by atoms with Gasteiger partial charge < -0.3 is 5.32 Å². The molecule has 3 aromatic carbocycles. The first-order valence-corrected chi connectivity index (χ1v) is 9.56. The van der Waals surface area contributed by atoms with E-state index in [2.05, 4.69) is 15.8 Å². The molecule has 0 saturated heterocycles. The largest absolute Gasteiger partial charge is 0.322 e. The number of carbonyl (C=O) groups is 2. The minimum Gasteiger partial charge on any atom is -0.322 e. The summed E-state index contributed by atoms with van der Waals surface area (Å²) in [6, 6.07) is 16.7. The minimum absolute atomic E-state index is 0.248. The average Bonchev–Trinajstić information content (AvgIpc) is 2.72. The van der Waals surface area contributed by atoms with Gasteiger partial charge in [-0.1, -0.05) is 35.3 Å². The second kappa shape index (κ2) is 9.52. The third-order valence-corrected chi connectivity index (χ3v) is 4.69. The van der Waals surface area contributed by atoms with Crippen molar-refractivity contribution in [3.63, 3.8) is 0 Å². The normalized spacial score (nSPS) is 11.1. The SMILES string of the molecule is CC(=NNC(=O)c1ccc(F)cc1)c1cccc(NC(=O)c2ccc(Cl)cc2Cl)c1. The number of anilines is 1. The van der Waals surface area contributed by atoms with Crippen molar-refractivity contribution in [2.24, 2.45) is 5.10 Å². The number of hydrogen-bond donors (Lipinski definition) is 2. The van der Waals surface area contributed by atoms with Crippen molar-refractivity contribution >= 4 is 46.4 Å². The van der Waals surface area contributed by atoms with E-state index >= 15 is 0 Å². The molecule has 8 heteroatoms. The van der Waals surface area contributed by atoms with Crippen molar-refractivity contribution in [3.05, 3.63) is 99.3 Å². The molecule has 2 amide bonds. The van der Waals surface area contributed by atoms with E-state index in [1.54, 1.807) is 43.3 Å². The predicted molar refractivity (Wildman–Crippen MR) is 117 cm³/mol. The fourth-order valence-electron chi connectivity index (χ4n) is 2.56. The Balaban J connectivity index is 1.70. The number of benzene rings is 3. The lowest BCUT2D eigenvalue weighted by atomic mass is 10.1. The van der Waals surface area contributed by atoms with E-state index in [0.717, 1.165) is 0 Å². The molecule has 2 N–H and O–H groups in total. The van der Waals surface area contributed by atoms with Crippen LogP contribution in [0.25, 0.3) is 0 Å². The molecule has 0 radical (unpaired) electrons. The highest BCUT2D eigenvalue weighted by Gasteiger charge is 2.12. The molecule has 3 aromatic rings. The standard InChI is InChI=1S/C22H16Cl2FN3O2/c1-13(27-28-21(29)14-5-8-17(25)9-6-14)15-3-2-4-18(11-15)26-22(30)19-10-7-16(23)12-20(19)24/h2-12H,1H3,(H,26,30)(H,28,29). The van der Waals surface area contributed by atoms with Crippen LogP contribution >= 0.6 is 23.2 Å². The van der Waals surface area contributed by atoms with E-state index in [4.69, 9.17) is 23.2 Å². The fraction of sp³-hybridized carbons (Fsp3) is 0.0455. The van der Waals surface area contributed by atoms with Gasteiger partial charge in [0.25, 0.3) is 11.8 Å². The van der Waals surface area contributed by atoms with Crippen molar-refractivity contribution in [3.8, 4) is 0 Å². The third-order valence-electron chi connectivity index (χ3n) is 4.15. The maximum atomic E-state index is 13.0. The highest BCUT2D eigenvalue weighted by molar-refractivity contribution is 6.37. The second-order valence-electron chi connectivity index (χ2n) is 6.30. The molecule has 30 heavy (non-hydrogen) atoms. The number of nitrogens with zero attached hydrogens (tertiary/aromatic N) is 1. The van der Waals surface area contributed by atoms with Crippen LogP contribution in [0.4, 0.5) is 10.1 Å². The summed E-state index contributed by atoms with van der Waals surface area (Å²) < 4.78 is 13.0. The molecular formula is C22H16Cl2FN3O2. The molecule has 0 aliphatic rings. The van der Waals surface area contributed by atoms with Gasteiger partial charge in [-0.25, -0.2) is 9.82 Å². The number of halogens is 3. The number of rotatable bonds is 5. The van der Waals surface area contributed by atoms with Gasteiger partial charge in [-0.05, 0) is 67.1 Å². The first-order chi connectivity index (χ1) is 14.3. The lowest BCUT2D eigenvalue weighted by Crippen LogP contribution is -2.19. The van der Waals surface area contributed by atoms with Crippen molar-refractivity contribution in [2.75, 3.05) is 5.32 Å². The summed E-state index contributed by atoms with van der Waals surface area (Å²) in [5.41, 5.74) is 4.74. The van der Waals surface area contributed by atoms with Crippen LogP contribution in [0, 0.1) is 5.82 Å². The number of carbonyl (C=O) groups excluding carboxylic acids is 2. The average molecular weight is 444 g/mol. The quantitative estimate of drug-likeness (QED) is 0.401. The maximum absolute atomic E-state index is 13.0. The van der Waals surface area contributed by atoms with Crippen molar-refractivity contribution < 1.29 is 14.0 Å². The van der Waals surface area contributed by atoms with Crippen LogP contribution in [0.2, 0.25) is 10.0 Å². The lowest BCUT2D eigenvalue weighted by Gasteiger charge is -2.09. The molecule has 3 rings (SSSR count). The molecule has 152 valence electrons. The number of amides is 2. The third kappa shape index (κ3) is 5.43. The van der Waals surface area contributed by atoms with Crippen LogP contribution in [-0.2, 0) is 0 Å². The Bertz CT molecular complexity index is 1130. The molecule has 5 nitrogen and oxygen atoms in total. The molecule has 0 aliphatic carbocycles. The van der Waals surface area contributed by atoms with Crippen LogP contribution in [0.5, 0.6) is 0 Å². The van der Waals surface area contributed by atoms with Gasteiger partial charge in [0.1, 0.15) is 5.82 Å². The van der Waals surface area contributed by atoms with Crippen molar-refractivity contribution in [1.82, 2.24) is 5.43 Å². The topological polar surface area (TPSA) is 70.6 Å². The van der Waals surface area contributed by atoms with Gasteiger partial charge in [0.15, 0.2) is 0 Å². The highest BCUT2D eigenvalue weighted by atomic mass is 35.5. The first-order valence-electron chi connectivity index (χ1n) is 8.80. The molecule has 0 bridgehead atoms. The van der Waals surface area contributed by atoms with E-state index in [9.17, 15) is 14.0 Å². The monoisotopic (exact) mass is 443 g/mol. The van der Waals surface area contributed by atoms with Crippen LogP contribution < -0.4 is 10.7 Å². The second-order valence-corrected chi connectivity index (χ2v) is 7.15. The van der Waals surface area contributed by atoms with E-state index in [0.29, 0.717) is 27.5 Å². The van der Waals surface area contributed by atoms with Gasteiger partial charge in [-0.15, -0.1) is 0 Å². The van der Waals surface area contributed by atoms with Gasteiger partial charge in [-0.3, -0.25) is 9.59 Å². The molecule has 0 unspecified atom stereocenters. The summed E-state index contributed by atoms with van der Waals surface area (Å²) in [7, 11) is 0. The van der Waals surface area contributed by atoms with Crippen LogP contribution in [0.15, 0.2) is 71.8 Å². The fourth-order valence-corrected chi connectivity index (χ4v) is 3.05. The van der Waals surface area contributed by atoms with E-state index in [-0.39, 0.29) is 16.5 Å². The summed E-state index contributed by atoms with van der Waals surface area (Å²) in [6.45, 7) is 1.71. The molecule has 0 saturated carbocycles. The Morgan fingerprint density at radius 1 is 0.900 bits per heavy atom. The predicted octanol–water partition coefficient (Wildman–Crippen LogP) is 5.54. The summed E-state index contributed by atoms with van der Waals surface area (Å²) >= 11 is 11.9. The van der Waals surface area contributed by atoms with Gasteiger partial charge in [0.2, 0.25) is 0 Å². The Labute approximate surface area is 182 Å². The number of nitrogens with one attached hydrogen (secondary N) is 2. The molecular weight excluding hydrogens is 428 g/mol. The highest BCUT2D eigenvalue weighted by Crippen LogP contribution is 2.22. The molecule has 0 spiro atoms. The summed E-state index contributed by atoms with van der Waals surface area (Å²) in [6.07, 6.45) is 0. The number of hydrazone groups is 1. The Morgan fingerprint density at radius 2 is 1.63 bits per heavy atom. The maximum Gasteiger partial charge on any atom is 0.271 e. The Hall–Kier alpha value is -3.22. The Morgan fingerprint density at radius 3 is 2.33 bits per heavy atom. The molecule has 0 fully saturated rings. The summed E-state index contributed by atoms with van der Waals surface area (Å²) in [4.78, 5) is 24.6. The van der Waals surface area contributed by atoms with Crippen LogP contribution in [0.1, 0.15) is 33.2 Å². The zero-order valence-electron chi connectivity index (χ0n) is 15.7. The zero-order chi connectivity index (χ0) is 21.7. The zero-order valence-corrected chi connectivity index (χ0v) is 17.3. The number of hydrogen-bond acceptors (Lipinski definition) is 3. The van der Waals surface area contributed by atoms with Gasteiger partial charge in [0, 0.05) is 16.3 Å². The minimum atomic E-state index is -0.462. The lowest BCUT2D eigenvalue weighted by molar-refractivity contribution is 0.0954. The molecule has 0 atom stereocenters. The molecule has 0 aromatic heterocycles. The van der Waals surface area contributed by atoms with Crippen LogP contribution in [0.3, 0.4) is 0 Å². The van der Waals surface area contributed by atoms with Crippen LogP contribution in [-0.4, -0.2) is 17.5 Å². The van der Waals surface area contributed by atoms with E-state index < -0.39 is 11.7 Å². The summed E-state index contributed by atoms with van der Waals surface area (Å²) in [5.74, 6) is -1.27. The first kappa shape index (κ1) is 21.5. The van der Waals surface area contributed by atoms with E-state index in [1.165, 1.54) is 30.3 Å². The van der Waals surface area contributed by atoms with Gasteiger partial charge >= 0.3 is 0 Å². The van der Waals surface area contributed by atoms with Gasteiger partial charge in [0.05, 0.1) is 16.3 Å². The van der Waals surface area contributed by atoms with Gasteiger partial charge in [-0.2, -0.15) is 5.10 Å². The van der Waals surface area contributed by atoms with Crippen molar-refractivity contribution in [1.29, 1.82) is 0 Å². The van der Waals surface area contributed by atoms with Crippen molar-refractivity contribution in [2.45, 2.75) is 6.92 Å².